The van der Waals surface area contributed by atoms with Gasteiger partial charge in [0.15, 0.2) is 0 Å². The van der Waals surface area contributed by atoms with Gasteiger partial charge in [0.2, 0.25) is 34.8 Å². The molecule has 0 fully saturated rings. The molecule has 1 aromatic rings. The number of nitrogens with zero attached hydrogens (tertiary/aromatic N) is 1. The van der Waals surface area contributed by atoms with Gasteiger partial charge in [0.25, 0.3) is 0 Å². The Kier molecular flexibility index (Phi) is 15.5. The van der Waals surface area contributed by atoms with Crippen LogP contribution in [0.4, 0.5) is 22.0 Å². The van der Waals surface area contributed by atoms with Crippen molar-refractivity contribution in [2.75, 3.05) is 86.7 Å². The highest BCUT2D eigenvalue weighted by Gasteiger charge is 2.28. The van der Waals surface area contributed by atoms with Crippen molar-refractivity contribution >= 4 is 5.97 Å². The molecule has 0 amide bonds. The molecule has 0 saturated carbocycles. The first kappa shape index (κ1) is 30.1. The molecule has 0 unspecified atom stereocenters. The summed E-state index contributed by atoms with van der Waals surface area (Å²) in [5.74, 6) is -14.1. The minimum atomic E-state index is -2.34. The van der Waals surface area contributed by atoms with Crippen LogP contribution in [0.5, 0.6) is 5.75 Å². The maximum atomic E-state index is 13.5. The molecule has 0 radical (unpaired) electrons. The molecular weight excluding hydrogens is 473 g/mol. The molecule has 1 aromatic carbocycles. The normalized spacial score (nSPS) is 11.4. The molecule has 0 atom stereocenters. The van der Waals surface area contributed by atoms with Gasteiger partial charge in [-0.2, -0.15) is 8.78 Å². The van der Waals surface area contributed by atoms with Gasteiger partial charge in [-0.15, -0.1) is 0 Å². The number of hydrogen-bond acceptors (Lipinski definition) is 8. The standard InChI is InChI=1S/C21H30F5NO7/c1-27(2)4-6-30-8-10-32-12-14-33-13-11-31-9-7-29-5-3-15(28)34-21-19(25)17(23)16(22)18(24)20(21)26/h3-14H2,1-2H3. The molecule has 0 bridgehead atoms. The topological polar surface area (TPSA) is 75.7 Å². The van der Waals surface area contributed by atoms with E-state index in [9.17, 15) is 26.7 Å². The van der Waals surface area contributed by atoms with E-state index in [0.29, 0.717) is 46.2 Å². The summed E-state index contributed by atoms with van der Waals surface area (Å²) in [7, 11) is 3.94. The van der Waals surface area contributed by atoms with Crippen LogP contribution in [0.3, 0.4) is 0 Å². The van der Waals surface area contributed by atoms with E-state index in [2.05, 4.69) is 4.74 Å². The van der Waals surface area contributed by atoms with Crippen LogP contribution in [-0.4, -0.2) is 97.6 Å². The number of hydrogen-bond donors (Lipinski definition) is 0. The molecule has 0 heterocycles. The maximum Gasteiger partial charge on any atom is 0.313 e. The van der Waals surface area contributed by atoms with Crippen molar-refractivity contribution < 1.29 is 55.2 Å². The second-order valence-corrected chi connectivity index (χ2v) is 6.99. The summed E-state index contributed by atoms with van der Waals surface area (Å²) < 4.78 is 96.6. The van der Waals surface area contributed by atoms with E-state index in [1.165, 1.54) is 0 Å². The number of esters is 1. The highest BCUT2D eigenvalue weighted by molar-refractivity contribution is 5.72. The van der Waals surface area contributed by atoms with Crippen molar-refractivity contribution in [1.82, 2.24) is 4.90 Å². The smallest absolute Gasteiger partial charge is 0.313 e. The summed E-state index contributed by atoms with van der Waals surface area (Å²) in [5, 5.41) is 0. The fourth-order valence-corrected chi connectivity index (χ4v) is 2.22. The second-order valence-electron chi connectivity index (χ2n) is 6.99. The highest BCUT2D eigenvalue weighted by Crippen LogP contribution is 2.29. The van der Waals surface area contributed by atoms with Crippen LogP contribution >= 0.6 is 0 Å². The Morgan fingerprint density at radius 1 is 0.588 bits per heavy atom. The molecule has 1 rings (SSSR count). The minimum absolute atomic E-state index is 0.104. The summed E-state index contributed by atoms with van der Waals surface area (Å²) in [4.78, 5) is 13.6. The highest BCUT2D eigenvalue weighted by atomic mass is 19.2. The lowest BCUT2D eigenvalue weighted by atomic mass is 10.2. The Balaban J connectivity index is 1.97. The number of benzene rings is 1. The van der Waals surface area contributed by atoms with Gasteiger partial charge in [0.05, 0.1) is 72.5 Å². The second kappa shape index (κ2) is 17.5. The van der Waals surface area contributed by atoms with Crippen LogP contribution in [0.15, 0.2) is 0 Å². The van der Waals surface area contributed by atoms with E-state index in [1.54, 1.807) is 0 Å². The van der Waals surface area contributed by atoms with Crippen LogP contribution in [0.25, 0.3) is 0 Å². The average molecular weight is 503 g/mol. The Hall–Kier alpha value is -1.90. The molecule has 0 aliphatic heterocycles. The first-order chi connectivity index (χ1) is 16.3. The van der Waals surface area contributed by atoms with Gasteiger partial charge in [0.1, 0.15) is 0 Å². The summed E-state index contributed by atoms with van der Waals surface area (Å²) in [5.41, 5.74) is 0. The zero-order valence-electron chi connectivity index (χ0n) is 19.2. The van der Waals surface area contributed by atoms with E-state index in [1.807, 2.05) is 19.0 Å². The van der Waals surface area contributed by atoms with E-state index >= 15 is 0 Å². The fraction of sp³-hybridized carbons (Fsp3) is 0.667. The third kappa shape index (κ3) is 12.0. The molecule has 0 N–H and O–H groups in total. The van der Waals surface area contributed by atoms with Crippen LogP contribution in [0.1, 0.15) is 6.42 Å². The summed E-state index contributed by atoms with van der Waals surface area (Å²) in [6.45, 7) is 4.08. The minimum Gasteiger partial charge on any atom is -0.420 e. The van der Waals surface area contributed by atoms with Crippen LogP contribution in [0.2, 0.25) is 0 Å². The molecular formula is C21H30F5NO7. The molecule has 0 spiro atoms. The summed E-state index contributed by atoms with van der Waals surface area (Å²) in [6, 6.07) is 0. The SMILES string of the molecule is CN(C)CCOCCOCCOCCOCCOCCC(=O)Oc1c(F)c(F)c(F)c(F)c1F. The lowest BCUT2D eigenvalue weighted by Gasteiger charge is -2.10. The zero-order valence-corrected chi connectivity index (χ0v) is 19.2. The zero-order chi connectivity index (χ0) is 25.3. The van der Waals surface area contributed by atoms with E-state index in [4.69, 9.17) is 23.7 Å². The Morgan fingerprint density at radius 3 is 1.35 bits per heavy atom. The molecule has 0 aliphatic carbocycles. The Bertz CT molecular complexity index is 711. The van der Waals surface area contributed by atoms with Crippen molar-refractivity contribution in [2.45, 2.75) is 6.42 Å². The van der Waals surface area contributed by atoms with Crippen LogP contribution in [-0.2, 0) is 28.5 Å². The van der Waals surface area contributed by atoms with Gasteiger partial charge in [0, 0.05) is 6.54 Å². The first-order valence-corrected chi connectivity index (χ1v) is 10.5. The monoisotopic (exact) mass is 503 g/mol. The van der Waals surface area contributed by atoms with Gasteiger partial charge in [-0.1, -0.05) is 0 Å². The number of ether oxygens (including phenoxy) is 6. The number of halogens is 5. The lowest BCUT2D eigenvalue weighted by molar-refractivity contribution is -0.136. The van der Waals surface area contributed by atoms with Crippen molar-refractivity contribution in [2.24, 2.45) is 0 Å². The fourth-order valence-electron chi connectivity index (χ4n) is 2.22. The predicted octanol–water partition coefficient (Wildman–Crippen LogP) is 2.32. The van der Waals surface area contributed by atoms with Gasteiger partial charge in [-0.05, 0) is 14.1 Å². The average Bonchev–Trinajstić information content (AvgIpc) is 2.81. The van der Waals surface area contributed by atoms with Gasteiger partial charge < -0.3 is 33.3 Å². The third-order valence-corrected chi connectivity index (χ3v) is 4.01. The van der Waals surface area contributed by atoms with Crippen LogP contribution in [0, 0.1) is 29.1 Å². The van der Waals surface area contributed by atoms with Crippen molar-refractivity contribution in [3.05, 3.63) is 29.1 Å². The van der Waals surface area contributed by atoms with Crippen molar-refractivity contribution in [3.8, 4) is 5.75 Å². The molecule has 196 valence electrons. The Morgan fingerprint density at radius 2 is 0.941 bits per heavy atom. The quantitative estimate of drug-likeness (QED) is 0.0712. The number of likely N-dealkylation sites (N-methyl/N-ethyl adjacent to an activating group) is 1. The largest absolute Gasteiger partial charge is 0.420 e. The maximum absolute atomic E-state index is 13.5. The summed E-state index contributed by atoms with van der Waals surface area (Å²) in [6.07, 6.45) is -0.469. The molecule has 34 heavy (non-hydrogen) atoms. The summed E-state index contributed by atoms with van der Waals surface area (Å²) >= 11 is 0. The first-order valence-electron chi connectivity index (χ1n) is 10.5. The van der Waals surface area contributed by atoms with Gasteiger partial charge >= 0.3 is 5.97 Å². The molecule has 8 nitrogen and oxygen atoms in total. The Labute approximate surface area is 194 Å². The number of rotatable bonds is 19. The number of carbonyl (C=O) groups excluding carboxylic acids is 1. The molecule has 0 saturated heterocycles. The molecule has 13 heteroatoms. The third-order valence-electron chi connectivity index (χ3n) is 4.01. The molecule has 0 aliphatic rings. The number of carbonyl (C=O) groups is 1. The predicted molar refractivity (Wildman–Crippen MR) is 109 cm³/mol. The lowest BCUT2D eigenvalue weighted by Crippen LogP contribution is -2.19. The van der Waals surface area contributed by atoms with Crippen molar-refractivity contribution in [3.63, 3.8) is 0 Å². The van der Waals surface area contributed by atoms with E-state index in [0.717, 1.165) is 6.54 Å². The van der Waals surface area contributed by atoms with E-state index < -0.39 is 47.2 Å². The van der Waals surface area contributed by atoms with E-state index in [-0.39, 0.29) is 19.8 Å². The van der Waals surface area contributed by atoms with Crippen molar-refractivity contribution in [1.29, 1.82) is 0 Å². The van der Waals surface area contributed by atoms with Gasteiger partial charge in [-0.25, -0.2) is 13.2 Å². The molecule has 0 aromatic heterocycles. The van der Waals surface area contributed by atoms with Gasteiger partial charge in [-0.3, -0.25) is 4.79 Å². The van der Waals surface area contributed by atoms with Crippen LogP contribution < -0.4 is 4.74 Å².